The van der Waals surface area contributed by atoms with Gasteiger partial charge in [-0.3, -0.25) is 4.90 Å². The van der Waals surface area contributed by atoms with Crippen molar-refractivity contribution in [2.75, 3.05) is 6.54 Å². The van der Waals surface area contributed by atoms with E-state index in [1.165, 1.54) is 32.1 Å². The summed E-state index contributed by atoms with van der Waals surface area (Å²) in [6, 6.07) is 3.68. The smallest absolute Gasteiger partial charge is 0.0672 e. The highest BCUT2D eigenvalue weighted by atomic mass is 15.2. The first-order chi connectivity index (χ1) is 8.67. The van der Waals surface area contributed by atoms with E-state index in [2.05, 4.69) is 38.7 Å². The van der Waals surface area contributed by atoms with Crippen molar-refractivity contribution in [2.24, 2.45) is 11.8 Å². The molecule has 1 aliphatic carbocycles. The third-order valence-corrected chi connectivity index (χ3v) is 4.74. The van der Waals surface area contributed by atoms with E-state index in [1.807, 2.05) is 0 Å². The average Bonchev–Trinajstić information content (AvgIpc) is 2.40. The summed E-state index contributed by atoms with van der Waals surface area (Å²) in [5, 5.41) is 9.40. The second-order valence-electron chi connectivity index (χ2n) is 5.86. The standard InChI is InChI=1S/C16H30N2/c1-5-8-14-9-10-15(12-17)16(11-14)18(7-3)13(4)6-2/h13-16H,5-11H2,1-4H3. The van der Waals surface area contributed by atoms with Crippen molar-refractivity contribution in [3.05, 3.63) is 0 Å². The number of nitrogens with zero attached hydrogens (tertiary/aromatic N) is 2. The lowest BCUT2D eigenvalue weighted by Gasteiger charge is -2.42. The first-order valence-corrected chi connectivity index (χ1v) is 7.83. The van der Waals surface area contributed by atoms with Crippen molar-refractivity contribution in [3.63, 3.8) is 0 Å². The van der Waals surface area contributed by atoms with Gasteiger partial charge in [0.2, 0.25) is 0 Å². The largest absolute Gasteiger partial charge is 0.297 e. The van der Waals surface area contributed by atoms with Crippen LogP contribution in [0.25, 0.3) is 0 Å². The quantitative estimate of drug-likeness (QED) is 0.706. The van der Waals surface area contributed by atoms with Gasteiger partial charge in [-0.25, -0.2) is 0 Å². The van der Waals surface area contributed by atoms with Gasteiger partial charge in [-0.1, -0.05) is 33.6 Å². The maximum Gasteiger partial charge on any atom is 0.0672 e. The van der Waals surface area contributed by atoms with E-state index in [0.29, 0.717) is 12.1 Å². The maximum absolute atomic E-state index is 9.40. The molecule has 4 unspecified atom stereocenters. The van der Waals surface area contributed by atoms with Crippen molar-refractivity contribution in [3.8, 4) is 6.07 Å². The molecular formula is C16H30N2. The fourth-order valence-electron chi connectivity index (χ4n) is 3.53. The molecule has 0 bridgehead atoms. The van der Waals surface area contributed by atoms with E-state index in [0.717, 1.165) is 18.9 Å². The van der Waals surface area contributed by atoms with Crippen LogP contribution < -0.4 is 0 Å². The van der Waals surface area contributed by atoms with Gasteiger partial charge in [-0.2, -0.15) is 5.26 Å². The Hall–Kier alpha value is -0.550. The number of hydrogen-bond acceptors (Lipinski definition) is 2. The summed E-state index contributed by atoms with van der Waals surface area (Å²) < 4.78 is 0. The summed E-state index contributed by atoms with van der Waals surface area (Å²) >= 11 is 0. The van der Waals surface area contributed by atoms with Crippen molar-refractivity contribution in [1.29, 1.82) is 5.26 Å². The molecule has 1 fully saturated rings. The Bertz CT molecular complexity index is 269. The van der Waals surface area contributed by atoms with Crippen LogP contribution in [0.1, 0.15) is 66.2 Å². The SMILES string of the molecule is CCCC1CCC(C#N)C(N(CC)C(C)CC)C1. The molecule has 0 heterocycles. The monoisotopic (exact) mass is 250 g/mol. The van der Waals surface area contributed by atoms with Gasteiger partial charge in [-0.05, 0) is 45.1 Å². The summed E-state index contributed by atoms with van der Waals surface area (Å²) in [6.45, 7) is 10.2. The minimum absolute atomic E-state index is 0.257. The van der Waals surface area contributed by atoms with Gasteiger partial charge < -0.3 is 0 Å². The second kappa shape index (κ2) is 7.79. The highest BCUT2D eigenvalue weighted by Crippen LogP contribution is 2.35. The zero-order chi connectivity index (χ0) is 13.5. The molecule has 0 aliphatic heterocycles. The normalized spacial score (nSPS) is 30.1. The van der Waals surface area contributed by atoms with Crippen molar-refractivity contribution in [2.45, 2.75) is 78.3 Å². The predicted octanol–water partition coefficient (Wildman–Crippen LogP) is 4.22. The first kappa shape index (κ1) is 15.5. The van der Waals surface area contributed by atoms with Crippen LogP contribution in [-0.2, 0) is 0 Å². The minimum atomic E-state index is 0.257. The van der Waals surface area contributed by atoms with E-state index in [-0.39, 0.29) is 5.92 Å². The second-order valence-corrected chi connectivity index (χ2v) is 5.86. The summed E-state index contributed by atoms with van der Waals surface area (Å²) in [4.78, 5) is 2.58. The molecule has 0 aromatic rings. The molecule has 1 rings (SSSR count). The maximum atomic E-state index is 9.40. The Kier molecular flexibility index (Phi) is 6.71. The van der Waals surface area contributed by atoms with Gasteiger partial charge >= 0.3 is 0 Å². The van der Waals surface area contributed by atoms with Crippen LogP contribution in [0, 0.1) is 23.2 Å². The summed E-state index contributed by atoms with van der Waals surface area (Å²) in [5.74, 6) is 1.11. The molecule has 18 heavy (non-hydrogen) atoms. The molecule has 2 nitrogen and oxygen atoms in total. The number of nitriles is 1. The molecular weight excluding hydrogens is 220 g/mol. The van der Waals surface area contributed by atoms with E-state index in [1.54, 1.807) is 0 Å². The lowest BCUT2D eigenvalue weighted by molar-refractivity contribution is 0.0692. The van der Waals surface area contributed by atoms with Crippen LogP contribution in [0.3, 0.4) is 0 Å². The van der Waals surface area contributed by atoms with Gasteiger partial charge in [0.15, 0.2) is 0 Å². The molecule has 0 saturated heterocycles. The Morgan fingerprint density at radius 1 is 1.28 bits per heavy atom. The Morgan fingerprint density at radius 3 is 2.50 bits per heavy atom. The molecule has 0 N–H and O–H groups in total. The molecule has 0 aromatic carbocycles. The predicted molar refractivity (Wildman–Crippen MR) is 77.3 cm³/mol. The van der Waals surface area contributed by atoms with E-state index in [9.17, 15) is 5.26 Å². The molecule has 0 amide bonds. The topological polar surface area (TPSA) is 27.0 Å². The molecule has 0 spiro atoms. The average molecular weight is 250 g/mol. The van der Waals surface area contributed by atoms with Crippen LogP contribution in [0.5, 0.6) is 0 Å². The van der Waals surface area contributed by atoms with Crippen LogP contribution >= 0.6 is 0 Å². The van der Waals surface area contributed by atoms with Crippen LogP contribution in [0.4, 0.5) is 0 Å². The van der Waals surface area contributed by atoms with E-state index < -0.39 is 0 Å². The highest BCUT2D eigenvalue weighted by Gasteiger charge is 2.34. The third kappa shape index (κ3) is 3.72. The molecule has 1 saturated carbocycles. The lowest BCUT2D eigenvalue weighted by atomic mass is 9.76. The third-order valence-electron chi connectivity index (χ3n) is 4.74. The molecule has 4 atom stereocenters. The van der Waals surface area contributed by atoms with Crippen molar-refractivity contribution >= 4 is 0 Å². The van der Waals surface area contributed by atoms with Gasteiger partial charge in [0.05, 0.1) is 12.0 Å². The fourth-order valence-corrected chi connectivity index (χ4v) is 3.53. The summed E-state index contributed by atoms with van der Waals surface area (Å²) in [5.41, 5.74) is 0. The first-order valence-electron chi connectivity index (χ1n) is 7.83. The van der Waals surface area contributed by atoms with Gasteiger partial charge in [-0.15, -0.1) is 0 Å². The highest BCUT2D eigenvalue weighted by molar-refractivity contribution is 4.98. The number of hydrogen-bond donors (Lipinski definition) is 0. The van der Waals surface area contributed by atoms with Crippen LogP contribution in [0.15, 0.2) is 0 Å². The minimum Gasteiger partial charge on any atom is -0.297 e. The zero-order valence-corrected chi connectivity index (χ0v) is 12.7. The van der Waals surface area contributed by atoms with E-state index >= 15 is 0 Å². The lowest BCUT2D eigenvalue weighted by Crippen LogP contribution is -2.48. The molecule has 1 aliphatic rings. The Morgan fingerprint density at radius 2 is 2.00 bits per heavy atom. The van der Waals surface area contributed by atoms with Gasteiger partial charge in [0.25, 0.3) is 0 Å². The molecule has 0 aromatic heterocycles. The number of rotatable bonds is 6. The molecule has 0 radical (unpaired) electrons. The van der Waals surface area contributed by atoms with Gasteiger partial charge in [0, 0.05) is 12.1 Å². The van der Waals surface area contributed by atoms with Crippen LogP contribution in [-0.4, -0.2) is 23.5 Å². The van der Waals surface area contributed by atoms with Crippen LogP contribution in [0.2, 0.25) is 0 Å². The Labute approximate surface area is 113 Å². The van der Waals surface area contributed by atoms with Gasteiger partial charge in [0.1, 0.15) is 0 Å². The molecule has 2 heteroatoms. The van der Waals surface area contributed by atoms with Crippen molar-refractivity contribution in [1.82, 2.24) is 4.90 Å². The summed E-state index contributed by atoms with van der Waals surface area (Å²) in [6.07, 6.45) is 7.42. The fraction of sp³-hybridized carbons (Fsp3) is 0.938. The van der Waals surface area contributed by atoms with Crippen molar-refractivity contribution < 1.29 is 0 Å². The Balaban J connectivity index is 2.75. The summed E-state index contributed by atoms with van der Waals surface area (Å²) in [7, 11) is 0. The zero-order valence-electron chi connectivity index (χ0n) is 12.7. The molecule has 104 valence electrons. The van der Waals surface area contributed by atoms with E-state index in [4.69, 9.17) is 0 Å².